The molecule has 1 fully saturated rings. The Morgan fingerprint density at radius 1 is 1.08 bits per heavy atom. The summed E-state index contributed by atoms with van der Waals surface area (Å²) in [7, 11) is 1.38. The molecule has 0 N–H and O–H groups in total. The number of aryl methyl sites for hydroxylation is 1. The lowest BCUT2D eigenvalue weighted by Crippen LogP contribution is -2.57. The number of rotatable bonds is 3. The van der Waals surface area contributed by atoms with Gasteiger partial charge in [-0.1, -0.05) is 17.7 Å². The Hall–Kier alpha value is -2.93. The molecule has 4 rings (SSSR count). The van der Waals surface area contributed by atoms with Crippen LogP contribution in [0.15, 0.2) is 36.4 Å². The SMILES string of the molecule is COC(=O)c1ccc2c(c1)N(C[C@@H]1CCN1C(=O)OC(C)(C)C)CCCCc1cc(Cl)ccc1CO2. The van der Waals surface area contributed by atoms with Gasteiger partial charge in [-0.05, 0) is 87.9 Å². The van der Waals surface area contributed by atoms with Crippen LogP contribution in [0.5, 0.6) is 5.75 Å². The Morgan fingerprint density at radius 3 is 2.58 bits per heavy atom. The van der Waals surface area contributed by atoms with Gasteiger partial charge in [0.2, 0.25) is 0 Å². The molecule has 194 valence electrons. The first-order chi connectivity index (χ1) is 17.1. The first kappa shape index (κ1) is 26.1. The second kappa shape index (κ2) is 11.0. The highest BCUT2D eigenvalue weighted by Crippen LogP contribution is 2.34. The van der Waals surface area contributed by atoms with Gasteiger partial charge in [0, 0.05) is 24.7 Å². The average Bonchev–Trinajstić information content (AvgIpc) is 2.83. The lowest BCUT2D eigenvalue weighted by atomic mass is 10.0. The molecule has 0 aromatic heterocycles. The number of hydrogen-bond acceptors (Lipinski definition) is 6. The third kappa shape index (κ3) is 6.25. The molecule has 2 aromatic rings. The number of ether oxygens (including phenoxy) is 3. The van der Waals surface area contributed by atoms with Crippen molar-refractivity contribution in [3.8, 4) is 5.75 Å². The van der Waals surface area contributed by atoms with Gasteiger partial charge in [-0.2, -0.15) is 0 Å². The number of halogens is 1. The van der Waals surface area contributed by atoms with Gasteiger partial charge in [-0.25, -0.2) is 9.59 Å². The summed E-state index contributed by atoms with van der Waals surface area (Å²) >= 11 is 6.26. The number of anilines is 1. The number of benzene rings is 2. The third-order valence-electron chi connectivity index (χ3n) is 6.60. The van der Waals surface area contributed by atoms with Crippen LogP contribution in [0.1, 0.15) is 61.5 Å². The van der Waals surface area contributed by atoms with Crippen LogP contribution in [0.4, 0.5) is 10.5 Å². The highest BCUT2D eigenvalue weighted by atomic mass is 35.5. The average molecular weight is 515 g/mol. The third-order valence-corrected chi connectivity index (χ3v) is 6.83. The van der Waals surface area contributed by atoms with E-state index in [9.17, 15) is 9.59 Å². The molecular weight excluding hydrogens is 480 g/mol. The smallest absolute Gasteiger partial charge is 0.410 e. The number of likely N-dealkylation sites (tertiary alicyclic amines) is 1. The van der Waals surface area contributed by atoms with Crippen molar-refractivity contribution in [3.05, 3.63) is 58.1 Å². The predicted molar refractivity (Wildman–Crippen MR) is 140 cm³/mol. The molecule has 2 aliphatic heterocycles. The minimum absolute atomic E-state index is 0.0237. The molecule has 1 saturated heterocycles. The van der Waals surface area contributed by atoms with Gasteiger partial charge >= 0.3 is 12.1 Å². The van der Waals surface area contributed by atoms with E-state index in [-0.39, 0.29) is 12.1 Å². The predicted octanol–water partition coefficient (Wildman–Crippen LogP) is 5.86. The highest BCUT2D eigenvalue weighted by Gasteiger charge is 2.36. The summed E-state index contributed by atoms with van der Waals surface area (Å²) in [6.07, 6.45) is 3.43. The Kier molecular flexibility index (Phi) is 7.98. The fourth-order valence-electron chi connectivity index (χ4n) is 4.63. The fourth-order valence-corrected chi connectivity index (χ4v) is 4.82. The van der Waals surface area contributed by atoms with Gasteiger partial charge < -0.3 is 24.0 Å². The molecule has 2 aliphatic rings. The lowest BCUT2D eigenvalue weighted by Gasteiger charge is -2.44. The first-order valence-corrected chi connectivity index (χ1v) is 12.9. The summed E-state index contributed by atoms with van der Waals surface area (Å²) in [5, 5.41) is 0.723. The van der Waals surface area contributed by atoms with Crippen molar-refractivity contribution < 1.29 is 23.8 Å². The van der Waals surface area contributed by atoms with Crippen molar-refractivity contribution in [2.75, 3.05) is 31.6 Å². The molecule has 0 radical (unpaired) electrons. The molecule has 2 heterocycles. The van der Waals surface area contributed by atoms with Gasteiger partial charge in [0.15, 0.2) is 0 Å². The van der Waals surface area contributed by atoms with Crippen molar-refractivity contribution in [1.82, 2.24) is 4.90 Å². The number of nitrogens with zero attached hydrogens (tertiary/aromatic N) is 2. The van der Waals surface area contributed by atoms with E-state index in [0.29, 0.717) is 31.0 Å². The number of fused-ring (bicyclic) bond motifs is 2. The van der Waals surface area contributed by atoms with Crippen LogP contribution in [0, 0.1) is 0 Å². The van der Waals surface area contributed by atoms with E-state index in [0.717, 1.165) is 48.5 Å². The van der Waals surface area contributed by atoms with E-state index in [1.807, 2.05) is 51.1 Å². The zero-order chi connectivity index (χ0) is 25.9. The number of amides is 1. The maximum absolute atomic E-state index is 12.7. The van der Waals surface area contributed by atoms with Gasteiger partial charge in [0.25, 0.3) is 0 Å². The molecule has 1 atom stereocenters. The van der Waals surface area contributed by atoms with E-state index in [2.05, 4.69) is 4.90 Å². The summed E-state index contributed by atoms with van der Waals surface area (Å²) in [6.45, 7) is 8.09. The van der Waals surface area contributed by atoms with Gasteiger partial charge in [-0.15, -0.1) is 0 Å². The summed E-state index contributed by atoms with van der Waals surface area (Å²) < 4.78 is 16.9. The minimum Gasteiger partial charge on any atom is -0.487 e. The second-order valence-corrected chi connectivity index (χ2v) is 10.8. The topological polar surface area (TPSA) is 68.3 Å². The van der Waals surface area contributed by atoms with Gasteiger partial charge in [0.05, 0.1) is 24.4 Å². The van der Waals surface area contributed by atoms with Crippen LogP contribution in [0.2, 0.25) is 5.02 Å². The highest BCUT2D eigenvalue weighted by molar-refractivity contribution is 6.30. The van der Waals surface area contributed by atoms with E-state index in [1.54, 1.807) is 11.0 Å². The molecule has 7 nitrogen and oxygen atoms in total. The van der Waals surface area contributed by atoms with E-state index in [1.165, 1.54) is 12.7 Å². The summed E-state index contributed by atoms with van der Waals surface area (Å²) in [6, 6.07) is 11.3. The van der Waals surface area contributed by atoms with Crippen LogP contribution < -0.4 is 9.64 Å². The number of hydrogen-bond donors (Lipinski definition) is 0. The standard InChI is InChI=1S/C28H35ClN2O5/c1-28(2,3)36-27(33)31-14-12-23(31)17-30-13-6-5-7-19-15-22(29)10-8-21(19)18-35-25-11-9-20(16-24(25)30)26(32)34-4/h8-11,15-16,23H,5-7,12-14,17-18H2,1-4H3/t23-/m0/s1. The molecule has 0 saturated carbocycles. The van der Waals surface area contributed by atoms with E-state index < -0.39 is 11.6 Å². The lowest BCUT2D eigenvalue weighted by molar-refractivity contribution is -0.00377. The monoisotopic (exact) mass is 514 g/mol. The molecule has 0 aliphatic carbocycles. The first-order valence-electron chi connectivity index (χ1n) is 12.5. The Balaban J connectivity index is 1.62. The van der Waals surface area contributed by atoms with Crippen LogP contribution in [0.3, 0.4) is 0 Å². The van der Waals surface area contributed by atoms with Crippen molar-refractivity contribution in [2.45, 2.75) is 64.7 Å². The Labute approximate surface area is 218 Å². The van der Waals surface area contributed by atoms with E-state index >= 15 is 0 Å². The zero-order valence-electron chi connectivity index (χ0n) is 21.5. The maximum atomic E-state index is 12.7. The molecule has 2 aromatic carbocycles. The molecular formula is C28H35ClN2O5. The molecule has 0 spiro atoms. The largest absolute Gasteiger partial charge is 0.487 e. The van der Waals surface area contributed by atoms with Crippen molar-refractivity contribution in [2.24, 2.45) is 0 Å². The molecule has 1 amide bonds. The van der Waals surface area contributed by atoms with E-state index in [4.69, 9.17) is 25.8 Å². The normalized spacial score (nSPS) is 18.1. The van der Waals surface area contributed by atoms with Crippen molar-refractivity contribution >= 4 is 29.4 Å². The van der Waals surface area contributed by atoms with Gasteiger partial charge in [-0.3, -0.25) is 0 Å². The maximum Gasteiger partial charge on any atom is 0.410 e. The second-order valence-electron chi connectivity index (χ2n) is 10.4. The minimum atomic E-state index is -0.542. The zero-order valence-corrected chi connectivity index (χ0v) is 22.3. The van der Waals surface area contributed by atoms with Crippen LogP contribution in [-0.4, -0.2) is 55.3 Å². The van der Waals surface area contributed by atoms with Crippen LogP contribution in [0.25, 0.3) is 0 Å². The van der Waals surface area contributed by atoms with Crippen molar-refractivity contribution in [1.29, 1.82) is 0 Å². The summed E-state index contributed by atoms with van der Waals surface area (Å²) in [5.41, 5.74) is 3.04. The number of carbonyl (C=O) groups excluding carboxylic acids is 2. The number of esters is 1. The molecule has 36 heavy (non-hydrogen) atoms. The molecule has 0 bridgehead atoms. The molecule has 0 unspecified atom stereocenters. The Bertz CT molecular complexity index is 1110. The van der Waals surface area contributed by atoms with Crippen molar-refractivity contribution in [3.63, 3.8) is 0 Å². The van der Waals surface area contributed by atoms with Crippen LogP contribution >= 0.6 is 11.6 Å². The quantitative estimate of drug-likeness (QED) is 0.478. The number of carbonyl (C=O) groups is 2. The fraction of sp³-hybridized carbons (Fsp3) is 0.500. The summed E-state index contributed by atoms with van der Waals surface area (Å²) in [4.78, 5) is 29.1. The molecule has 8 heteroatoms. The summed E-state index contributed by atoms with van der Waals surface area (Å²) in [5.74, 6) is 0.291. The van der Waals surface area contributed by atoms with Crippen LogP contribution in [-0.2, 0) is 22.5 Å². The Morgan fingerprint density at radius 2 is 1.89 bits per heavy atom. The number of methoxy groups -OCH3 is 1. The van der Waals surface area contributed by atoms with Gasteiger partial charge in [0.1, 0.15) is 18.0 Å².